The summed E-state index contributed by atoms with van der Waals surface area (Å²) in [5, 5.41) is 6.16. The third-order valence-corrected chi connectivity index (χ3v) is 3.43. The summed E-state index contributed by atoms with van der Waals surface area (Å²) < 4.78 is 5.09. The van der Waals surface area contributed by atoms with Crippen molar-refractivity contribution in [2.75, 3.05) is 13.7 Å². The van der Waals surface area contributed by atoms with Crippen LogP contribution in [0.3, 0.4) is 0 Å². The summed E-state index contributed by atoms with van der Waals surface area (Å²) in [4.78, 5) is 11.7. The van der Waals surface area contributed by atoms with E-state index in [1.165, 1.54) is 0 Å². The Morgan fingerprint density at radius 2 is 2.00 bits per heavy atom. The molecule has 2 aromatic rings. The highest BCUT2D eigenvalue weighted by molar-refractivity contribution is 6.30. The molecule has 0 radical (unpaired) electrons. The summed E-state index contributed by atoms with van der Waals surface area (Å²) in [6.07, 6.45) is 4.16. The van der Waals surface area contributed by atoms with Crippen LogP contribution in [0.5, 0.6) is 5.75 Å². The Morgan fingerprint density at radius 1 is 1.22 bits per heavy atom. The molecule has 0 saturated heterocycles. The van der Waals surface area contributed by atoms with E-state index in [-0.39, 0.29) is 6.03 Å². The van der Waals surface area contributed by atoms with Crippen molar-refractivity contribution in [1.82, 2.24) is 10.6 Å². The quantitative estimate of drug-likeness (QED) is 0.845. The zero-order valence-corrected chi connectivity index (χ0v) is 13.6. The average molecular weight is 331 g/mol. The maximum Gasteiger partial charge on any atom is 0.318 e. The molecule has 0 aliphatic carbocycles. The van der Waals surface area contributed by atoms with E-state index in [2.05, 4.69) is 10.6 Å². The van der Waals surface area contributed by atoms with Crippen molar-refractivity contribution < 1.29 is 9.53 Å². The van der Waals surface area contributed by atoms with Gasteiger partial charge in [-0.3, -0.25) is 0 Å². The van der Waals surface area contributed by atoms with Gasteiger partial charge in [0.05, 0.1) is 7.11 Å². The van der Waals surface area contributed by atoms with Gasteiger partial charge in [-0.25, -0.2) is 4.79 Å². The van der Waals surface area contributed by atoms with Crippen LogP contribution in [0.15, 0.2) is 54.7 Å². The number of amides is 2. The second kappa shape index (κ2) is 8.86. The first-order valence-electron chi connectivity index (χ1n) is 7.27. The lowest BCUT2D eigenvalue weighted by Crippen LogP contribution is -2.33. The molecule has 0 fully saturated rings. The summed E-state index contributed by atoms with van der Waals surface area (Å²) in [5.41, 5.74) is 2.07. The molecule has 23 heavy (non-hydrogen) atoms. The topological polar surface area (TPSA) is 50.4 Å². The third kappa shape index (κ3) is 6.04. The zero-order valence-electron chi connectivity index (χ0n) is 12.9. The molecule has 0 spiro atoms. The van der Waals surface area contributed by atoms with Gasteiger partial charge in [0.25, 0.3) is 0 Å². The number of hydrogen-bond donors (Lipinski definition) is 2. The Balaban J connectivity index is 1.71. The van der Waals surface area contributed by atoms with E-state index in [0.717, 1.165) is 23.3 Å². The second-order valence-electron chi connectivity index (χ2n) is 4.89. The minimum absolute atomic E-state index is 0.239. The lowest BCUT2D eigenvalue weighted by molar-refractivity contribution is 0.244. The Labute approximate surface area is 141 Å². The van der Waals surface area contributed by atoms with Crippen LogP contribution in [0.4, 0.5) is 4.79 Å². The largest absolute Gasteiger partial charge is 0.497 e. The molecule has 0 aromatic heterocycles. The zero-order chi connectivity index (χ0) is 16.5. The van der Waals surface area contributed by atoms with Crippen LogP contribution in [-0.4, -0.2) is 19.7 Å². The first-order valence-corrected chi connectivity index (χ1v) is 7.64. The average Bonchev–Trinajstić information content (AvgIpc) is 2.55. The van der Waals surface area contributed by atoms with Crippen LogP contribution in [0.25, 0.3) is 6.08 Å². The van der Waals surface area contributed by atoms with Crippen LogP contribution in [0, 0.1) is 0 Å². The van der Waals surface area contributed by atoms with E-state index >= 15 is 0 Å². The van der Waals surface area contributed by atoms with E-state index in [9.17, 15) is 4.79 Å². The molecule has 0 atom stereocenters. The molecule has 120 valence electrons. The van der Waals surface area contributed by atoms with Gasteiger partial charge in [-0.1, -0.05) is 35.9 Å². The molecule has 0 bridgehead atoms. The van der Waals surface area contributed by atoms with E-state index in [0.29, 0.717) is 11.6 Å². The van der Waals surface area contributed by atoms with Gasteiger partial charge in [0.15, 0.2) is 0 Å². The van der Waals surface area contributed by atoms with Crippen LogP contribution in [0.2, 0.25) is 5.02 Å². The Morgan fingerprint density at radius 3 is 2.70 bits per heavy atom. The predicted octanol–water partition coefficient (Wildman–Crippen LogP) is 3.86. The Bertz CT molecular complexity index is 669. The SMILES string of the molecule is COc1ccc(/C=C/NC(=O)NCCc2cccc(Cl)c2)cc1. The standard InChI is InChI=1S/C18H19ClN2O2/c1-23-17-7-5-14(6-8-17)9-11-20-18(22)21-12-10-15-3-2-4-16(19)13-15/h2-9,11,13H,10,12H2,1H3,(H2,20,21,22)/b11-9+. The molecule has 2 N–H and O–H groups in total. The molecule has 0 aliphatic rings. The molecule has 0 unspecified atom stereocenters. The van der Waals surface area contributed by atoms with Gasteiger partial charge in [-0.2, -0.15) is 0 Å². The smallest absolute Gasteiger partial charge is 0.318 e. The normalized spacial score (nSPS) is 10.5. The van der Waals surface area contributed by atoms with Gasteiger partial charge in [-0.15, -0.1) is 0 Å². The molecular formula is C18H19ClN2O2. The second-order valence-corrected chi connectivity index (χ2v) is 5.32. The Hall–Kier alpha value is -2.46. The van der Waals surface area contributed by atoms with Crippen molar-refractivity contribution in [1.29, 1.82) is 0 Å². The van der Waals surface area contributed by atoms with Crippen LogP contribution < -0.4 is 15.4 Å². The summed E-state index contributed by atoms with van der Waals surface area (Å²) in [5.74, 6) is 0.800. The van der Waals surface area contributed by atoms with Gasteiger partial charge in [-0.05, 0) is 47.9 Å². The number of carbonyl (C=O) groups is 1. The molecule has 2 amide bonds. The van der Waals surface area contributed by atoms with E-state index in [1.54, 1.807) is 13.3 Å². The molecular weight excluding hydrogens is 312 g/mol. The van der Waals surface area contributed by atoms with Gasteiger partial charge in [0, 0.05) is 17.8 Å². The van der Waals surface area contributed by atoms with Gasteiger partial charge in [0.2, 0.25) is 0 Å². The number of carbonyl (C=O) groups excluding carboxylic acids is 1. The van der Waals surface area contributed by atoms with Crippen LogP contribution in [-0.2, 0) is 6.42 Å². The molecule has 0 aliphatic heterocycles. The molecule has 0 heterocycles. The third-order valence-electron chi connectivity index (χ3n) is 3.19. The Kier molecular flexibility index (Phi) is 6.51. The minimum atomic E-state index is -0.239. The first kappa shape index (κ1) is 16.9. The maximum absolute atomic E-state index is 11.7. The first-order chi connectivity index (χ1) is 11.2. The van der Waals surface area contributed by atoms with Crippen molar-refractivity contribution in [3.05, 3.63) is 70.9 Å². The summed E-state index contributed by atoms with van der Waals surface area (Å²) in [6.45, 7) is 0.544. The lowest BCUT2D eigenvalue weighted by Gasteiger charge is -2.05. The minimum Gasteiger partial charge on any atom is -0.497 e. The monoisotopic (exact) mass is 330 g/mol. The number of rotatable bonds is 6. The lowest BCUT2D eigenvalue weighted by atomic mass is 10.1. The number of nitrogens with one attached hydrogen (secondary N) is 2. The van der Waals surface area contributed by atoms with Crippen molar-refractivity contribution >= 4 is 23.7 Å². The number of methoxy groups -OCH3 is 1. The molecule has 2 aromatic carbocycles. The number of urea groups is 1. The molecule has 4 nitrogen and oxygen atoms in total. The number of hydrogen-bond acceptors (Lipinski definition) is 2. The molecule has 0 saturated carbocycles. The highest BCUT2D eigenvalue weighted by atomic mass is 35.5. The molecule has 5 heteroatoms. The summed E-state index contributed by atoms with van der Waals surface area (Å²) >= 11 is 5.92. The van der Waals surface area contributed by atoms with E-state index in [4.69, 9.17) is 16.3 Å². The van der Waals surface area contributed by atoms with Gasteiger partial charge >= 0.3 is 6.03 Å². The van der Waals surface area contributed by atoms with Gasteiger partial charge < -0.3 is 15.4 Å². The fourth-order valence-electron chi connectivity index (χ4n) is 1.99. The highest BCUT2D eigenvalue weighted by Crippen LogP contribution is 2.12. The summed E-state index contributed by atoms with van der Waals surface area (Å²) in [6, 6.07) is 14.9. The predicted molar refractivity (Wildman–Crippen MR) is 93.7 cm³/mol. The number of ether oxygens (including phenoxy) is 1. The van der Waals surface area contributed by atoms with Crippen molar-refractivity contribution in [3.8, 4) is 5.75 Å². The summed E-state index contributed by atoms with van der Waals surface area (Å²) in [7, 11) is 1.63. The van der Waals surface area contributed by atoms with E-state index < -0.39 is 0 Å². The fraction of sp³-hybridized carbons (Fsp3) is 0.167. The van der Waals surface area contributed by atoms with Crippen LogP contribution in [0.1, 0.15) is 11.1 Å². The van der Waals surface area contributed by atoms with Crippen molar-refractivity contribution in [3.63, 3.8) is 0 Å². The van der Waals surface area contributed by atoms with Crippen LogP contribution >= 0.6 is 11.6 Å². The highest BCUT2D eigenvalue weighted by Gasteiger charge is 1.98. The molecule has 2 rings (SSSR count). The van der Waals surface area contributed by atoms with Crippen molar-refractivity contribution in [2.24, 2.45) is 0 Å². The maximum atomic E-state index is 11.7. The fourth-order valence-corrected chi connectivity index (χ4v) is 2.21. The number of halogens is 1. The van der Waals surface area contributed by atoms with Gasteiger partial charge in [0.1, 0.15) is 5.75 Å². The van der Waals surface area contributed by atoms with E-state index in [1.807, 2.05) is 54.6 Å². The van der Waals surface area contributed by atoms with Crippen molar-refractivity contribution in [2.45, 2.75) is 6.42 Å². The number of benzene rings is 2.